The lowest BCUT2D eigenvalue weighted by atomic mass is 10.0. The molecule has 2 aromatic rings. The zero-order valence-electron chi connectivity index (χ0n) is 11.7. The monoisotopic (exact) mass is 268 g/mol. The van der Waals surface area contributed by atoms with E-state index in [2.05, 4.69) is 16.0 Å². The van der Waals surface area contributed by atoms with Crippen molar-refractivity contribution in [3.05, 3.63) is 24.2 Å². The Kier molecular flexibility index (Phi) is 2.20. The first-order valence-corrected chi connectivity index (χ1v) is 7.98. The summed E-state index contributed by atoms with van der Waals surface area (Å²) in [6.45, 7) is 2.39. The van der Waals surface area contributed by atoms with Crippen LogP contribution in [0.1, 0.15) is 43.7 Å². The molecule has 0 N–H and O–H groups in total. The molecule has 0 bridgehead atoms. The second-order valence-electron chi connectivity index (χ2n) is 6.78. The fourth-order valence-electron chi connectivity index (χ4n) is 4.16. The van der Waals surface area contributed by atoms with Crippen LogP contribution in [0.4, 0.5) is 5.82 Å². The maximum Gasteiger partial charge on any atom is 0.154 e. The molecule has 3 heterocycles. The van der Waals surface area contributed by atoms with Crippen LogP contribution in [0, 0.1) is 11.8 Å². The van der Waals surface area contributed by atoms with Crippen molar-refractivity contribution in [3.63, 3.8) is 0 Å². The van der Waals surface area contributed by atoms with E-state index in [1.165, 1.54) is 56.4 Å². The SMILES string of the molecule is c1cn2nc(C3CC3)cc2c(N2CC3CCCC3C2)n1. The average molecular weight is 268 g/mol. The maximum atomic E-state index is 4.73. The first-order chi connectivity index (χ1) is 9.88. The van der Waals surface area contributed by atoms with Gasteiger partial charge in [-0.1, -0.05) is 6.42 Å². The van der Waals surface area contributed by atoms with Gasteiger partial charge in [-0.25, -0.2) is 9.50 Å². The smallest absolute Gasteiger partial charge is 0.154 e. The normalized spacial score (nSPS) is 29.3. The Hall–Kier alpha value is -1.58. The quantitative estimate of drug-likeness (QED) is 0.839. The highest BCUT2D eigenvalue weighted by molar-refractivity contribution is 5.69. The third-order valence-corrected chi connectivity index (χ3v) is 5.41. The number of fused-ring (bicyclic) bond motifs is 2. The molecule has 2 atom stereocenters. The largest absolute Gasteiger partial charge is 0.354 e. The summed E-state index contributed by atoms with van der Waals surface area (Å²) < 4.78 is 2.03. The van der Waals surface area contributed by atoms with Crippen LogP contribution in [0.5, 0.6) is 0 Å². The third kappa shape index (κ3) is 1.60. The van der Waals surface area contributed by atoms with E-state index in [-0.39, 0.29) is 0 Å². The minimum Gasteiger partial charge on any atom is -0.354 e. The summed E-state index contributed by atoms with van der Waals surface area (Å²) in [6.07, 6.45) is 10.8. The number of hydrogen-bond acceptors (Lipinski definition) is 3. The van der Waals surface area contributed by atoms with Crippen LogP contribution in [-0.2, 0) is 0 Å². The third-order valence-electron chi connectivity index (χ3n) is 5.41. The second kappa shape index (κ2) is 3.96. The Bertz CT molecular complexity index is 646. The van der Waals surface area contributed by atoms with Crippen molar-refractivity contribution in [2.75, 3.05) is 18.0 Å². The van der Waals surface area contributed by atoms with E-state index in [1.54, 1.807) is 0 Å². The van der Waals surface area contributed by atoms with Crippen molar-refractivity contribution in [3.8, 4) is 0 Å². The molecule has 0 spiro atoms. The highest BCUT2D eigenvalue weighted by Crippen LogP contribution is 2.42. The van der Waals surface area contributed by atoms with Gasteiger partial charge in [0.15, 0.2) is 5.82 Å². The predicted molar refractivity (Wildman–Crippen MR) is 78.0 cm³/mol. The lowest BCUT2D eigenvalue weighted by Crippen LogP contribution is -2.22. The van der Waals surface area contributed by atoms with Crippen LogP contribution in [0.3, 0.4) is 0 Å². The van der Waals surface area contributed by atoms with Crippen LogP contribution >= 0.6 is 0 Å². The second-order valence-corrected chi connectivity index (χ2v) is 6.78. The van der Waals surface area contributed by atoms with E-state index in [0.29, 0.717) is 5.92 Å². The van der Waals surface area contributed by atoms with Crippen molar-refractivity contribution in [1.82, 2.24) is 14.6 Å². The molecule has 3 fully saturated rings. The number of rotatable bonds is 2. The molecule has 0 amide bonds. The maximum absolute atomic E-state index is 4.73. The Morgan fingerprint density at radius 2 is 1.85 bits per heavy atom. The van der Waals surface area contributed by atoms with Gasteiger partial charge in [-0.2, -0.15) is 5.10 Å². The van der Waals surface area contributed by atoms with Crippen LogP contribution in [-0.4, -0.2) is 27.7 Å². The van der Waals surface area contributed by atoms with Crippen LogP contribution in [0.15, 0.2) is 18.5 Å². The standard InChI is InChI=1S/C16H20N4/c1-2-12-9-19(10-13(12)3-1)16-15-8-14(11-4-5-11)18-20(15)7-6-17-16/h6-8,11-13H,1-5,9-10H2. The minimum absolute atomic E-state index is 0.709. The van der Waals surface area contributed by atoms with E-state index in [9.17, 15) is 0 Å². The van der Waals surface area contributed by atoms with Gasteiger partial charge in [-0.15, -0.1) is 0 Å². The van der Waals surface area contributed by atoms with Crippen molar-refractivity contribution >= 4 is 11.3 Å². The molecule has 3 aliphatic rings. The van der Waals surface area contributed by atoms with Gasteiger partial charge in [0.05, 0.1) is 5.69 Å². The molecule has 1 aliphatic heterocycles. The number of hydrogen-bond donors (Lipinski definition) is 0. The summed E-state index contributed by atoms with van der Waals surface area (Å²) in [6, 6.07) is 2.27. The topological polar surface area (TPSA) is 33.4 Å². The van der Waals surface area contributed by atoms with Gasteiger partial charge in [0, 0.05) is 31.4 Å². The fraction of sp³-hybridized carbons (Fsp3) is 0.625. The zero-order chi connectivity index (χ0) is 13.1. The van der Waals surface area contributed by atoms with Crippen molar-refractivity contribution in [2.24, 2.45) is 11.8 Å². The summed E-state index contributed by atoms with van der Waals surface area (Å²) in [7, 11) is 0. The van der Waals surface area contributed by atoms with Gasteiger partial charge in [0.2, 0.25) is 0 Å². The van der Waals surface area contributed by atoms with Gasteiger partial charge < -0.3 is 4.90 Å². The molecule has 104 valence electrons. The summed E-state index contributed by atoms with van der Waals surface area (Å²) in [5.74, 6) is 3.67. The molecule has 20 heavy (non-hydrogen) atoms. The van der Waals surface area contributed by atoms with Gasteiger partial charge in [0.25, 0.3) is 0 Å². The first-order valence-electron chi connectivity index (χ1n) is 7.98. The van der Waals surface area contributed by atoms with E-state index in [0.717, 1.165) is 17.7 Å². The highest BCUT2D eigenvalue weighted by atomic mass is 15.3. The predicted octanol–water partition coefficient (Wildman–Crippen LogP) is 2.84. The Labute approximate surface area is 118 Å². The van der Waals surface area contributed by atoms with Crippen LogP contribution in [0.2, 0.25) is 0 Å². The molecule has 2 unspecified atom stereocenters. The molecule has 0 aromatic carbocycles. The summed E-state index contributed by atoms with van der Waals surface area (Å²) >= 11 is 0. The Morgan fingerprint density at radius 3 is 2.60 bits per heavy atom. The average Bonchev–Trinajstić information content (AvgIpc) is 2.89. The van der Waals surface area contributed by atoms with E-state index in [4.69, 9.17) is 5.10 Å². The summed E-state index contributed by atoms with van der Waals surface area (Å²) in [5, 5.41) is 4.73. The molecule has 4 nitrogen and oxygen atoms in total. The van der Waals surface area contributed by atoms with Gasteiger partial charge in [-0.3, -0.25) is 0 Å². The lowest BCUT2D eigenvalue weighted by molar-refractivity contribution is 0.494. The van der Waals surface area contributed by atoms with Crippen LogP contribution < -0.4 is 4.90 Å². The van der Waals surface area contributed by atoms with Crippen molar-refractivity contribution in [2.45, 2.75) is 38.0 Å². The minimum atomic E-state index is 0.709. The Morgan fingerprint density at radius 1 is 1.05 bits per heavy atom. The van der Waals surface area contributed by atoms with Gasteiger partial charge in [0.1, 0.15) is 5.52 Å². The number of aromatic nitrogens is 3. The molecule has 2 saturated carbocycles. The molecule has 2 aromatic heterocycles. The summed E-state index contributed by atoms with van der Waals surface area (Å²) in [4.78, 5) is 7.18. The van der Waals surface area contributed by atoms with E-state index in [1.807, 2.05) is 16.9 Å². The Balaban J connectivity index is 1.54. The molecule has 1 saturated heterocycles. The van der Waals surface area contributed by atoms with E-state index < -0.39 is 0 Å². The highest BCUT2D eigenvalue weighted by Gasteiger charge is 2.37. The number of anilines is 1. The lowest BCUT2D eigenvalue weighted by Gasteiger charge is -2.18. The van der Waals surface area contributed by atoms with Gasteiger partial charge >= 0.3 is 0 Å². The molecule has 2 aliphatic carbocycles. The van der Waals surface area contributed by atoms with Crippen molar-refractivity contribution < 1.29 is 0 Å². The molecule has 4 heteroatoms. The zero-order valence-corrected chi connectivity index (χ0v) is 11.7. The molecular formula is C16H20N4. The summed E-state index contributed by atoms with van der Waals surface area (Å²) in [5.41, 5.74) is 2.47. The molecule has 5 rings (SSSR count). The fourth-order valence-corrected chi connectivity index (χ4v) is 4.16. The molecule has 0 radical (unpaired) electrons. The van der Waals surface area contributed by atoms with E-state index >= 15 is 0 Å². The van der Waals surface area contributed by atoms with Crippen molar-refractivity contribution in [1.29, 1.82) is 0 Å². The van der Waals surface area contributed by atoms with Gasteiger partial charge in [-0.05, 0) is 43.6 Å². The van der Waals surface area contributed by atoms with Crippen LogP contribution in [0.25, 0.3) is 5.52 Å². The first kappa shape index (κ1) is 11.1. The number of nitrogens with zero attached hydrogens (tertiary/aromatic N) is 4. The molecular weight excluding hydrogens is 248 g/mol.